The van der Waals surface area contributed by atoms with Gasteiger partial charge in [-0.3, -0.25) is 9.69 Å². The van der Waals surface area contributed by atoms with Crippen LogP contribution in [0, 0.1) is 0 Å². The molecule has 0 atom stereocenters. The van der Waals surface area contributed by atoms with Crippen LogP contribution in [0.3, 0.4) is 0 Å². The lowest BCUT2D eigenvalue weighted by atomic mass is 10.2. The van der Waals surface area contributed by atoms with Crippen LogP contribution in [0.15, 0.2) is 52.0 Å². The van der Waals surface area contributed by atoms with E-state index in [4.69, 9.17) is 21.4 Å². The molecule has 0 unspecified atom stereocenters. The van der Waals surface area contributed by atoms with Crippen molar-refractivity contribution in [2.75, 3.05) is 11.5 Å². The predicted octanol–water partition coefficient (Wildman–Crippen LogP) is 3.86. The summed E-state index contributed by atoms with van der Waals surface area (Å²) in [4.78, 5) is 26.2. The van der Waals surface area contributed by atoms with Gasteiger partial charge in [-0.1, -0.05) is 24.0 Å². The number of hydrogen-bond donors (Lipinski definition) is 0. The van der Waals surface area contributed by atoms with Crippen LogP contribution in [0.1, 0.15) is 23.0 Å². The second kappa shape index (κ2) is 7.02. The molecule has 1 fully saturated rings. The molecule has 0 spiro atoms. The molecule has 0 radical (unpaired) electrons. The number of carbonyl (C=O) groups excluding carboxylic acids is 2. The molecule has 2 aromatic rings. The van der Waals surface area contributed by atoms with Crippen molar-refractivity contribution in [3.05, 3.63) is 58.9 Å². The van der Waals surface area contributed by atoms with E-state index in [9.17, 15) is 9.59 Å². The molecule has 0 aliphatic carbocycles. The number of amides is 1. The van der Waals surface area contributed by atoms with Gasteiger partial charge in [0.2, 0.25) is 0 Å². The average molecular weight is 359 g/mol. The topological polar surface area (TPSA) is 59.8 Å². The first-order valence-electron chi connectivity index (χ1n) is 7.19. The number of hydrogen-bond acceptors (Lipinski definition) is 6. The summed E-state index contributed by atoms with van der Waals surface area (Å²) in [6.45, 7) is 2.06. The van der Waals surface area contributed by atoms with Crippen molar-refractivity contribution >= 4 is 51.9 Å². The van der Waals surface area contributed by atoms with Gasteiger partial charge < -0.3 is 9.15 Å². The van der Waals surface area contributed by atoms with Crippen LogP contribution in [0.5, 0.6) is 0 Å². The third-order valence-corrected chi connectivity index (χ3v) is 4.55. The summed E-state index contributed by atoms with van der Waals surface area (Å²) in [6, 6.07) is 10.1. The average Bonchev–Trinajstić information content (AvgIpc) is 3.17. The van der Waals surface area contributed by atoms with Gasteiger partial charge in [0, 0.05) is 6.08 Å². The molecule has 1 saturated heterocycles. The van der Waals surface area contributed by atoms with Gasteiger partial charge in [-0.05, 0) is 43.3 Å². The van der Waals surface area contributed by atoms with Gasteiger partial charge in [0.25, 0.3) is 5.91 Å². The summed E-state index contributed by atoms with van der Waals surface area (Å²) in [6.07, 6.45) is 3.20. The van der Waals surface area contributed by atoms with Crippen molar-refractivity contribution < 1.29 is 18.7 Å². The number of thioether (sulfide) groups is 1. The van der Waals surface area contributed by atoms with E-state index in [0.717, 1.165) is 0 Å². The van der Waals surface area contributed by atoms with E-state index in [1.807, 2.05) is 0 Å². The smallest absolute Gasteiger partial charge is 0.338 e. The zero-order valence-corrected chi connectivity index (χ0v) is 14.4. The molecule has 0 saturated carbocycles. The highest BCUT2D eigenvalue weighted by Gasteiger charge is 2.33. The largest absolute Gasteiger partial charge is 0.465 e. The minimum absolute atomic E-state index is 0.217. The number of furan rings is 1. The first kappa shape index (κ1) is 16.5. The Morgan fingerprint density at radius 3 is 2.71 bits per heavy atom. The van der Waals surface area contributed by atoms with E-state index in [2.05, 4.69) is 0 Å². The third-order valence-electron chi connectivity index (χ3n) is 3.25. The second-order valence-electron chi connectivity index (χ2n) is 4.80. The normalized spacial score (nSPS) is 16.0. The molecule has 5 nitrogen and oxygen atoms in total. The van der Waals surface area contributed by atoms with E-state index in [1.54, 1.807) is 55.7 Å². The number of rotatable bonds is 4. The maximum atomic E-state index is 12.6. The standard InChI is InChI=1S/C17H13NO4S2/c1-2-21-16(20)11-5-7-12(8-6-11)18-15(19)14(24-17(18)23)10-13-4-3-9-22-13/h3-10H,2H2,1H3/b14-10-. The SMILES string of the molecule is CCOC(=O)c1ccc(N2C(=O)/C(=C/c3ccco3)SC2=S)cc1. The fourth-order valence-corrected chi connectivity index (χ4v) is 3.43. The zero-order valence-electron chi connectivity index (χ0n) is 12.7. The van der Waals surface area contributed by atoms with E-state index in [-0.39, 0.29) is 5.91 Å². The molecule has 2 heterocycles. The van der Waals surface area contributed by atoms with Gasteiger partial charge in [-0.2, -0.15) is 0 Å². The van der Waals surface area contributed by atoms with E-state index in [0.29, 0.717) is 32.8 Å². The predicted molar refractivity (Wildman–Crippen MR) is 96.8 cm³/mol. The Bertz CT molecular complexity index is 810. The van der Waals surface area contributed by atoms with Crippen LogP contribution in [-0.2, 0) is 9.53 Å². The summed E-state index contributed by atoms with van der Waals surface area (Å²) in [5.41, 5.74) is 1.03. The first-order chi connectivity index (χ1) is 11.6. The van der Waals surface area contributed by atoms with Crippen LogP contribution in [-0.4, -0.2) is 22.8 Å². The minimum Gasteiger partial charge on any atom is -0.465 e. The number of esters is 1. The number of nitrogens with zero attached hydrogens (tertiary/aromatic N) is 1. The van der Waals surface area contributed by atoms with E-state index < -0.39 is 5.97 Å². The Labute approximate surface area is 148 Å². The summed E-state index contributed by atoms with van der Waals surface area (Å²) in [7, 11) is 0. The van der Waals surface area contributed by atoms with Crippen molar-refractivity contribution in [2.24, 2.45) is 0 Å². The molecule has 7 heteroatoms. The van der Waals surface area contributed by atoms with Gasteiger partial charge >= 0.3 is 5.97 Å². The molecular weight excluding hydrogens is 346 g/mol. The molecule has 3 rings (SSSR count). The molecule has 0 N–H and O–H groups in total. The van der Waals surface area contributed by atoms with E-state index >= 15 is 0 Å². The van der Waals surface area contributed by atoms with Crippen LogP contribution < -0.4 is 4.90 Å². The number of thiocarbonyl (C=S) groups is 1. The lowest BCUT2D eigenvalue weighted by Gasteiger charge is -2.14. The molecule has 24 heavy (non-hydrogen) atoms. The van der Waals surface area contributed by atoms with Crippen LogP contribution in [0.25, 0.3) is 6.08 Å². The molecule has 1 aromatic heterocycles. The monoisotopic (exact) mass is 359 g/mol. The maximum absolute atomic E-state index is 12.6. The summed E-state index contributed by atoms with van der Waals surface area (Å²) in [5, 5.41) is 0. The zero-order chi connectivity index (χ0) is 17.1. The minimum atomic E-state index is -0.396. The van der Waals surface area contributed by atoms with Crippen molar-refractivity contribution in [1.82, 2.24) is 0 Å². The number of benzene rings is 1. The quantitative estimate of drug-likeness (QED) is 0.469. The molecule has 1 amide bonds. The summed E-state index contributed by atoms with van der Waals surface area (Å²) >= 11 is 6.51. The molecule has 1 aliphatic heterocycles. The fraction of sp³-hybridized carbons (Fsp3) is 0.118. The molecular formula is C17H13NO4S2. The number of ether oxygens (including phenoxy) is 1. The molecule has 122 valence electrons. The Kier molecular flexibility index (Phi) is 4.82. The van der Waals surface area contributed by atoms with Crippen LogP contribution >= 0.6 is 24.0 Å². The highest BCUT2D eigenvalue weighted by atomic mass is 32.2. The molecule has 1 aliphatic rings. The Hall–Kier alpha value is -2.38. The Morgan fingerprint density at radius 1 is 1.33 bits per heavy atom. The van der Waals surface area contributed by atoms with Crippen molar-refractivity contribution in [3.8, 4) is 0 Å². The van der Waals surface area contributed by atoms with Crippen molar-refractivity contribution in [1.29, 1.82) is 0 Å². The second-order valence-corrected chi connectivity index (χ2v) is 6.48. The molecule has 0 bridgehead atoms. The van der Waals surface area contributed by atoms with Gasteiger partial charge in [0.05, 0.1) is 29.0 Å². The van der Waals surface area contributed by atoms with Crippen molar-refractivity contribution in [2.45, 2.75) is 6.92 Å². The Morgan fingerprint density at radius 2 is 2.08 bits per heavy atom. The fourth-order valence-electron chi connectivity index (χ4n) is 2.15. The molecule has 1 aromatic carbocycles. The lowest BCUT2D eigenvalue weighted by molar-refractivity contribution is -0.113. The maximum Gasteiger partial charge on any atom is 0.338 e. The Balaban J connectivity index is 1.83. The lowest BCUT2D eigenvalue weighted by Crippen LogP contribution is -2.27. The van der Waals surface area contributed by atoms with Crippen LogP contribution in [0.2, 0.25) is 0 Å². The van der Waals surface area contributed by atoms with Gasteiger partial charge in [-0.25, -0.2) is 4.79 Å². The highest BCUT2D eigenvalue weighted by Crippen LogP contribution is 2.36. The van der Waals surface area contributed by atoms with Gasteiger partial charge in [0.1, 0.15) is 5.76 Å². The third kappa shape index (κ3) is 3.27. The number of carbonyl (C=O) groups is 2. The van der Waals surface area contributed by atoms with Gasteiger partial charge in [-0.15, -0.1) is 0 Å². The highest BCUT2D eigenvalue weighted by molar-refractivity contribution is 8.27. The van der Waals surface area contributed by atoms with Crippen LogP contribution in [0.4, 0.5) is 5.69 Å². The summed E-state index contributed by atoms with van der Waals surface area (Å²) in [5.74, 6) is -0.0226. The summed E-state index contributed by atoms with van der Waals surface area (Å²) < 4.78 is 10.6. The van der Waals surface area contributed by atoms with E-state index in [1.165, 1.54) is 16.7 Å². The number of anilines is 1. The van der Waals surface area contributed by atoms with Crippen molar-refractivity contribution in [3.63, 3.8) is 0 Å². The van der Waals surface area contributed by atoms with Gasteiger partial charge in [0.15, 0.2) is 4.32 Å². The first-order valence-corrected chi connectivity index (χ1v) is 8.41.